The number of rotatable bonds is 5. The maximum Gasteiger partial charge on any atom is 0.324 e. The van der Waals surface area contributed by atoms with Gasteiger partial charge in [-0.05, 0) is 32.4 Å². The first kappa shape index (κ1) is 13.5. The molecule has 1 fully saturated rings. The van der Waals surface area contributed by atoms with Gasteiger partial charge < -0.3 is 10.6 Å². The molecule has 2 rings (SSSR count). The molecular formula is C12H19N3O2S. The molecule has 0 aromatic carbocycles. The second kappa shape index (κ2) is 6.26. The smallest absolute Gasteiger partial charge is 0.317 e. The van der Waals surface area contributed by atoms with Crippen molar-refractivity contribution in [2.45, 2.75) is 44.3 Å². The Balaban J connectivity index is 1.81. The van der Waals surface area contributed by atoms with Crippen molar-refractivity contribution >= 4 is 16.3 Å². The zero-order valence-corrected chi connectivity index (χ0v) is 11.3. The Bertz CT molecular complexity index is 408. The van der Waals surface area contributed by atoms with E-state index in [0.717, 1.165) is 17.8 Å². The van der Waals surface area contributed by atoms with Gasteiger partial charge in [0.05, 0.1) is 4.92 Å². The third kappa shape index (κ3) is 3.51. The third-order valence-corrected chi connectivity index (χ3v) is 4.51. The van der Waals surface area contributed by atoms with Gasteiger partial charge in [-0.25, -0.2) is 0 Å². The highest BCUT2D eigenvalue weighted by atomic mass is 32.1. The molecule has 6 heteroatoms. The first-order valence-corrected chi connectivity index (χ1v) is 7.14. The van der Waals surface area contributed by atoms with E-state index in [0.29, 0.717) is 12.1 Å². The van der Waals surface area contributed by atoms with E-state index in [-0.39, 0.29) is 9.92 Å². The van der Waals surface area contributed by atoms with Crippen molar-refractivity contribution in [3.05, 3.63) is 27.1 Å². The van der Waals surface area contributed by atoms with Crippen LogP contribution in [-0.2, 0) is 6.54 Å². The van der Waals surface area contributed by atoms with E-state index in [9.17, 15) is 10.1 Å². The Hall–Kier alpha value is -0.980. The molecule has 2 atom stereocenters. The lowest BCUT2D eigenvalue weighted by atomic mass is 9.91. The van der Waals surface area contributed by atoms with Crippen molar-refractivity contribution in [2.75, 3.05) is 7.05 Å². The molecule has 1 saturated carbocycles. The average Bonchev–Trinajstić information content (AvgIpc) is 2.85. The van der Waals surface area contributed by atoms with Crippen molar-refractivity contribution in [1.82, 2.24) is 10.6 Å². The van der Waals surface area contributed by atoms with E-state index >= 15 is 0 Å². The largest absolute Gasteiger partial charge is 0.324 e. The number of hydrogen-bond acceptors (Lipinski definition) is 5. The van der Waals surface area contributed by atoms with Gasteiger partial charge in [0.1, 0.15) is 0 Å². The van der Waals surface area contributed by atoms with Gasteiger partial charge in [0.2, 0.25) is 0 Å². The van der Waals surface area contributed by atoms with Crippen molar-refractivity contribution < 1.29 is 4.92 Å². The summed E-state index contributed by atoms with van der Waals surface area (Å²) < 4.78 is 0. The molecule has 18 heavy (non-hydrogen) atoms. The average molecular weight is 269 g/mol. The van der Waals surface area contributed by atoms with Crippen molar-refractivity contribution in [1.29, 1.82) is 0 Å². The summed E-state index contributed by atoms with van der Waals surface area (Å²) in [5.74, 6) is 0. The predicted octanol–water partition coefficient (Wildman–Crippen LogP) is 2.28. The summed E-state index contributed by atoms with van der Waals surface area (Å²) in [7, 11) is 2.01. The Labute approximate surface area is 111 Å². The lowest BCUT2D eigenvalue weighted by molar-refractivity contribution is -0.380. The monoisotopic (exact) mass is 269 g/mol. The number of nitrogens with zero attached hydrogens (tertiary/aromatic N) is 1. The van der Waals surface area contributed by atoms with Crippen LogP contribution in [-0.4, -0.2) is 24.1 Å². The highest BCUT2D eigenvalue weighted by Crippen LogP contribution is 2.24. The van der Waals surface area contributed by atoms with E-state index in [1.54, 1.807) is 6.07 Å². The van der Waals surface area contributed by atoms with Crippen LogP contribution in [0.25, 0.3) is 0 Å². The fourth-order valence-corrected chi connectivity index (χ4v) is 3.21. The topological polar surface area (TPSA) is 67.2 Å². The second-order valence-corrected chi connectivity index (χ2v) is 5.87. The summed E-state index contributed by atoms with van der Waals surface area (Å²) in [6.45, 7) is 0.736. The molecule has 1 heterocycles. The van der Waals surface area contributed by atoms with Gasteiger partial charge in [-0.2, -0.15) is 0 Å². The van der Waals surface area contributed by atoms with Crippen molar-refractivity contribution in [3.63, 3.8) is 0 Å². The molecule has 5 nitrogen and oxygen atoms in total. The first-order valence-electron chi connectivity index (χ1n) is 6.33. The van der Waals surface area contributed by atoms with Gasteiger partial charge in [0.15, 0.2) is 0 Å². The van der Waals surface area contributed by atoms with E-state index in [4.69, 9.17) is 0 Å². The molecule has 0 radical (unpaired) electrons. The molecule has 0 bridgehead atoms. The summed E-state index contributed by atoms with van der Waals surface area (Å²) in [5.41, 5.74) is 0. The Morgan fingerprint density at radius 2 is 2.22 bits per heavy atom. The van der Waals surface area contributed by atoms with E-state index in [1.165, 1.54) is 30.6 Å². The van der Waals surface area contributed by atoms with Crippen LogP contribution in [0.5, 0.6) is 0 Å². The van der Waals surface area contributed by atoms with Crippen LogP contribution in [0, 0.1) is 10.1 Å². The Kier molecular flexibility index (Phi) is 4.68. The quantitative estimate of drug-likeness (QED) is 0.635. The molecule has 1 aromatic rings. The van der Waals surface area contributed by atoms with Crippen LogP contribution in [0.3, 0.4) is 0 Å². The molecule has 0 saturated heterocycles. The summed E-state index contributed by atoms with van der Waals surface area (Å²) >= 11 is 1.26. The van der Waals surface area contributed by atoms with E-state index < -0.39 is 0 Å². The van der Waals surface area contributed by atoms with Gasteiger partial charge in [-0.15, -0.1) is 0 Å². The summed E-state index contributed by atoms with van der Waals surface area (Å²) in [6, 6.07) is 4.55. The molecule has 0 spiro atoms. The molecule has 100 valence electrons. The molecule has 0 aliphatic heterocycles. The lowest BCUT2D eigenvalue weighted by Crippen LogP contribution is -2.40. The van der Waals surface area contributed by atoms with Gasteiger partial charge in [-0.1, -0.05) is 17.8 Å². The molecule has 0 amide bonds. The number of nitrogens with one attached hydrogen (secondary N) is 2. The van der Waals surface area contributed by atoms with Gasteiger partial charge in [-0.3, -0.25) is 10.1 Å². The summed E-state index contributed by atoms with van der Waals surface area (Å²) in [4.78, 5) is 11.3. The van der Waals surface area contributed by atoms with Gasteiger partial charge in [0.25, 0.3) is 0 Å². The zero-order chi connectivity index (χ0) is 13.0. The van der Waals surface area contributed by atoms with Crippen LogP contribution >= 0.6 is 11.3 Å². The number of hydrogen-bond donors (Lipinski definition) is 2. The standard InChI is InChI=1S/C12H19N3O2S/c1-13-9-3-2-4-10(7-9)14-8-11-5-6-12(18-11)15(16)17/h5-6,9-10,13-14H,2-4,7-8H2,1H3. The minimum absolute atomic E-state index is 0.226. The normalized spacial score (nSPS) is 24.1. The van der Waals surface area contributed by atoms with Crippen LogP contribution in [0.2, 0.25) is 0 Å². The predicted molar refractivity (Wildman–Crippen MR) is 72.9 cm³/mol. The fourth-order valence-electron chi connectivity index (χ4n) is 2.44. The van der Waals surface area contributed by atoms with E-state index in [1.807, 2.05) is 13.1 Å². The highest BCUT2D eigenvalue weighted by molar-refractivity contribution is 7.15. The maximum absolute atomic E-state index is 10.6. The van der Waals surface area contributed by atoms with Crippen LogP contribution in [0.4, 0.5) is 5.00 Å². The number of nitro groups is 1. The lowest BCUT2D eigenvalue weighted by Gasteiger charge is -2.29. The fraction of sp³-hybridized carbons (Fsp3) is 0.667. The summed E-state index contributed by atoms with van der Waals surface area (Å²) in [6.07, 6.45) is 4.84. The Morgan fingerprint density at radius 3 is 2.89 bits per heavy atom. The molecule has 1 aromatic heterocycles. The second-order valence-electron chi connectivity index (χ2n) is 4.73. The molecular weight excluding hydrogens is 250 g/mol. The zero-order valence-electron chi connectivity index (χ0n) is 10.5. The van der Waals surface area contributed by atoms with Gasteiger partial charge in [0, 0.05) is 29.6 Å². The maximum atomic E-state index is 10.6. The molecule has 2 N–H and O–H groups in total. The van der Waals surface area contributed by atoms with Crippen molar-refractivity contribution in [2.24, 2.45) is 0 Å². The third-order valence-electron chi connectivity index (χ3n) is 3.47. The van der Waals surface area contributed by atoms with Crippen molar-refractivity contribution in [3.8, 4) is 0 Å². The van der Waals surface area contributed by atoms with Crippen LogP contribution in [0.15, 0.2) is 12.1 Å². The SMILES string of the molecule is CNC1CCCC(NCc2ccc([N+](=O)[O-])s2)C1. The first-order chi connectivity index (χ1) is 8.69. The minimum Gasteiger partial charge on any atom is -0.317 e. The van der Waals surface area contributed by atoms with Gasteiger partial charge >= 0.3 is 5.00 Å². The number of thiophene rings is 1. The minimum atomic E-state index is -0.328. The van der Waals surface area contributed by atoms with E-state index in [2.05, 4.69) is 10.6 Å². The van der Waals surface area contributed by atoms with Crippen LogP contribution < -0.4 is 10.6 Å². The molecule has 1 aliphatic rings. The Morgan fingerprint density at radius 1 is 1.44 bits per heavy atom. The molecule has 2 unspecified atom stereocenters. The summed E-state index contributed by atoms with van der Waals surface area (Å²) in [5, 5.41) is 17.6. The highest BCUT2D eigenvalue weighted by Gasteiger charge is 2.20. The molecule has 1 aliphatic carbocycles. The van der Waals surface area contributed by atoms with Crippen LogP contribution in [0.1, 0.15) is 30.6 Å².